The van der Waals surface area contributed by atoms with Crippen molar-refractivity contribution in [3.63, 3.8) is 0 Å². The molecular formula is C13H22N2O3. The molecule has 1 aromatic rings. The largest absolute Gasteiger partial charge is 0.493 e. The van der Waals surface area contributed by atoms with Crippen molar-refractivity contribution in [3.05, 3.63) is 23.8 Å². The minimum absolute atomic E-state index is 0.0137. The Hall–Kier alpha value is -1.30. The fourth-order valence-corrected chi connectivity index (χ4v) is 1.80. The highest BCUT2D eigenvalue weighted by molar-refractivity contribution is 5.43. The quantitative estimate of drug-likeness (QED) is 0.572. The van der Waals surface area contributed by atoms with Gasteiger partial charge in [0.15, 0.2) is 11.5 Å². The van der Waals surface area contributed by atoms with Gasteiger partial charge in [0, 0.05) is 13.2 Å². The van der Waals surface area contributed by atoms with E-state index in [1.807, 2.05) is 25.1 Å². The lowest BCUT2D eigenvalue weighted by Crippen LogP contribution is -2.30. The predicted octanol–water partition coefficient (Wildman–Crippen LogP) is 1.63. The van der Waals surface area contributed by atoms with E-state index in [1.54, 1.807) is 21.3 Å². The summed E-state index contributed by atoms with van der Waals surface area (Å²) < 4.78 is 15.7. The fourth-order valence-electron chi connectivity index (χ4n) is 1.80. The lowest BCUT2D eigenvalue weighted by molar-refractivity contribution is 0.100. The summed E-state index contributed by atoms with van der Waals surface area (Å²) in [5.74, 6) is 6.99. The molecule has 0 saturated heterocycles. The van der Waals surface area contributed by atoms with Gasteiger partial charge in [-0.15, -0.1) is 0 Å². The van der Waals surface area contributed by atoms with Gasteiger partial charge in [-0.1, -0.05) is 6.07 Å². The second-order valence-corrected chi connectivity index (χ2v) is 4.12. The number of benzene rings is 1. The van der Waals surface area contributed by atoms with Crippen LogP contribution in [0.3, 0.4) is 0 Å². The van der Waals surface area contributed by atoms with E-state index in [4.69, 9.17) is 20.1 Å². The minimum atomic E-state index is 0.0137. The average molecular weight is 254 g/mol. The second-order valence-electron chi connectivity index (χ2n) is 4.12. The third-order valence-electron chi connectivity index (χ3n) is 2.98. The van der Waals surface area contributed by atoms with Crippen molar-refractivity contribution < 1.29 is 14.2 Å². The molecule has 0 aromatic heterocycles. The molecule has 2 unspecified atom stereocenters. The van der Waals surface area contributed by atoms with Gasteiger partial charge in [0.2, 0.25) is 0 Å². The Morgan fingerprint density at radius 3 is 2.33 bits per heavy atom. The second kappa shape index (κ2) is 7.20. The summed E-state index contributed by atoms with van der Waals surface area (Å²) in [7, 11) is 4.92. The fraction of sp³-hybridized carbons (Fsp3) is 0.538. The third-order valence-corrected chi connectivity index (χ3v) is 2.98. The number of hydrazine groups is 1. The zero-order chi connectivity index (χ0) is 13.5. The van der Waals surface area contributed by atoms with Crippen LogP contribution in [0.5, 0.6) is 11.5 Å². The lowest BCUT2D eigenvalue weighted by atomic mass is 10.0. The van der Waals surface area contributed by atoms with Crippen molar-refractivity contribution in [2.75, 3.05) is 21.3 Å². The van der Waals surface area contributed by atoms with Crippen molar-refractivity contribution in [1.29, 1.82) is 0 Å². The van der Waals surface area contributed by atoms with Gasteiger partial charge in [-0.25, -0.2) is 0 Å². The van der Waals surface area contributed by atoms with Crippen LogP contribution in [0.1, 0.15) is 24.9 Å². The topological polar surface area (TPSA) is 65.7 Å². The highest BCUT2D eigenvalue weighted by Crippen LogP contribution is 2.31. The molecule has 0 fully saturated rings. The van der Waals surface area contributed by atoms with Crippen LogP contribution < -0.4 is 20.7 Å². The number of nitrogens with one attached hydrogen (secondary N) is 1. The summed E-state index contributed by atoms with van der Waals surface area (Å²) in [6, 6.07) is 5.77. The lowest BCUT2D eigenvalue weighted by Gasteiger charge is -2.21. The molecule has 2 atom stereocenters. The van der Waals surface area contributed by atoms with Gasteiger partial charge in [-0.05, 0) is 31.0 Å². The molecule has 0 heterocycles. The van der Waals surface area contributed by atoms with Gasteiger partial charge >= 0.3 is 0 Å². The van der Waals surface area contributed by atoms with E-state index in [9.17, 15) is 0 Å². The van der Waals surface area contributed by atoms with Crippen molar-refractivity contribution in [2.45, 2.75) is 25.5 Å². The highest BCUT2D eigenvalue weighted by Gasteiger charge is 2.15. The molecule has 5 nitrogen and oxygen atoms in total. The Labute approximate surface area is 108 Å². The van der Waals surface area contributed by atoms with Gasteiger partial charge in [0.1, 0.15) is 0 Å². The molecule has 1 rings (SSSR count). The first-order valence-corrected chi connectivity index (χ1v) is 5.87. The first kappa shape index (κ1) is 14.8. The molecule has 5 heteroatoms. The summed E-state index contributed by atoms with van der Waals surface area (Å²) in [5.41, 5.74) is 3.84. The molecule has 0 bridgehead atoms. The van der Waals surface area contributed by atoms with E-state index >= 15 is 0 Å². The number of methoxy groups -OCH3 is 3. The first-order valence-electron chi connectivity index (χ1n) is 5.87. The summed E-state index contributed by atoms with van der Waals surface area (Å²) in [6.45, 7) is 2.01. The zero-order valence-corrected chi connectivity index (χ0v) is 11.4. The summed E-state index contributed by atoms with van der Waals surface area (Å²) in [4.78, 5) is 0. The Morgan fingerprint density at radius 1 is 1.17 bits per heavy atom. The Bertz CT molecular complexity index is 371. The van der Waals surface area contributed by atoms with Gasteiger partial charge in [0.05, 0.1) is 20.3 Å². The molecule has 0 spiro atoms. The van der Waals surface area contributed by atoms with Gasteiger partial charge in [-0.3, -0.25) is 11.3 Å². The molecule has 3 N–H and O–H groups in total. The minimum Gasteiger partial charge on any atom is -0.493 e. The van der Waals surface area contributed by atoms with E-state index in [2.05, 4.69) is 5.43 Å². The zero-order valence-electron chi connectivity index (χ0n) is 11.4. The van der Waals surface area contributed by atoms with Gasteiger partial charge in [0.25, 0.3) is 0 Å². The predicted molar refractivity (Wildman–Crippen MR) is 70.7 cm³/mol. The summed E-state index contributed by atoms with van der Waals surface area (Å²) >= 11 is 0. The van der Waals surface area contributed by atoms with Crippen LogP contribution in [0.25, 0.3) is 0 Å². The average Bonchev–Trinajstić information content (AvgIpc) is 2.43. The molecule has 102 valence electrons. The van der Waals surface area contributed by atoms with E-state index in [1.165, 1.54) is 0 Å². The number of nitrogens with two attached hydrogens (primary N) is 1. The molecule has 18 heavy (non-hydrogen) atoms. The van der Waals surface area contributed by atoms with E-state index in [-0.39, 0.29) is 12.1 Å². The standard InChI is InChI=1S/C13H22N2O3/c1-9(16-2)7-11(15-14)10-5-6-12(17-3)13(8-10)18-4/h5-6,8-9,11,15H,7,14H2,1-4H3. The molecule has 0 saturated carbocycles. The maximum Gasteiger partial charge on any atom is 0.161 e. The highest BCUT2D eigenvalue weighted by atomic mass is 16.5. The summed E-state index contributed by atoms with van der Waals surface area (Å²) in [6.07, 6.45) is 0.904. The van der Waals surface area contributed by atoms with Crippen LogP contribution in [-0.4, -0.2) is 27.4 Å². The van der Waals surface area contributed by atoms with Crippen LogP contribution in [0, 0.1) is 0 Å². The van der Waals surface area contributed by atoms with Crippen molar-refractivity contribution in [2.24, 2.45) is 5.84 Å². The number of ether oxygens (including phenoxy) is 3. The maximum atomic E-state index is 5.59. The van der Waals surface area contributed by atoms with Crippen LogP contribution in [-0.2, 0) is 4.74 Å². The molecular weight excluding hydrogens is 232 g/mol. The van der Waals surface area contributed by atoms with Crippen LogP contribution >= 0.6 is 0 Å². The molecule has 0 aliphatic heterocycles. The van der Waals surface area contributed by atoms with Crippen LogP contribution in [0.15, 0.2) is 18.2 Å². The number of hydrogen-bond donors (Lipinski definition) is 2. The molecule has 0 aliphatic carbocycles. The molecule has 0 radical (unpaired) electrons. The van der Waals surface area contributed by atoms with Crippen LogP contribution in [0.4, 0.5) is 0 Å². The van der Waals surface area contributed by atoms with Gasteiger partial charge < -0.3 is 14.2 Å². The van der Waals surface area contributed by atoms with E-state index in [0.717, 1.165) is 12.0 Å². The molecule has 1 aromatic carbocycles. The molecule has 0 aliphatic rings. The van der Waals surface area contributed by atoms with Crippen molar-refractivity contribution >= 4 is 0 Å². The van der Waals surface area contributed by atoms with Gasteiger partial charge in [-0.2, -0.15) is 0 Å². The Balaban J connectivity index is 2.92. The third kappa shape index (κ3) is 3.60. The molecule has 0 amide bonds. The monoisotopic (exact) mass is 254 g/mol. The summed E-state index contributed by atoms with van der Waals surface area (Å²) in [5, 5.41) is 0. The SMILES string of the molecule is COc1ccc(C(CC(C)OC)NN)cc1OC. The Morgan fingerprint density at radius 2 is 1.83 bits per heavy atom. The van der Waals surface area contributed by atoms with Crippen LogP contribution in [0.2, 0.25) is 0 Å². The number of hydrogen-bond acceptors (Lipinski definition) is 5. The number of rotatable bonds is 7. The van der Waals surface area contributed by atoms with Crippen molar-refractivity contribution in [3.8, 4) is 11.5 Å². The normalized spacial score (nSPS) is 14.1. The maximum absolute atomic E-state index is 5.59. The Kier molecular flexibility index (Phi) is 5.91. The van der Waals surface area contributed by atoms with Crippen molar-refractivity contribution in [1.82, 2.24) is 5.43 Å². The smallest absolute Gasteiger partial charge is 0.161 e. The first-order chi connectivity index (χ1) is 8.65. The van der Waals surface area contributed by atoms with E-state index < -0.39 is 0 Å². The van der Waals surface area contributed by atoms with E-state index in [0.29, 0.717) is 11.5 Å².